The molecule has 1 aromatic heterocycles. The summed E-state index contributed by atoms with van der Waals surface area (Å²) in [6, 6.07) is 21.2. The van der Waals surface area contributed by atoms with E-state index in [2.05, 4.69) is 34.7 Å². The van der Waals surface area contributed by atoms with Crippen molar-refractivity contribution in [3.63, 3.8) is 0 Å². The van der Waals surface area contributed by atoms with Gasteiger partial charge in [0.25, 0.3) is 0 Å². The van der Waals surface area contributed by atoms with Gasteiger partial charge in [0.2, 0.25) is 0 Å². The summed E-state index contributed by atoms with van der Waals surface area (Å²) in [7, 11) is 0. The van der Waals surface area contributed by atoms with Crippen molar-refractivity contribution in [3.8, 4) is 11.4 Å². The summed E-state index contributed by atoms with van der Waals surface area (Å²) >= 11 is 0. The fraction of sp³-hybridized carbons (Fsp3) is 0.0556. The molecule has 0 fully saturated rings. The molecule has 2 aromatic carbocycles. The molecule has 0 radical (unpaired) electrons. The standard InChI is InChI=1S/C18H16N2O/c1-14-10-11-17(20(14)16-7-3-2-4-8-16)13-19-15-6-5-9-18(21)12-15/h2-13,21H,1H3. The first-order chi connectivity index (χ1) is 10.2. The fourth-order valence-corrected chi connectivity index (χ4v) is 2.30. The Morgan fingerprint density at radius 1 is 0.952 bits per heavy atom. The lowest BCUT2D eigenvalue weighted by molar-refractivity contribution is 0.475. The molecule has 1 heterocycles. The third-order valence-electron chi connectivity index (χ3n) is 3.30. The number of aromatic hydroxyl groups is 1. The highest BCUT2D eigenvalue weighted by Gasteiger charge is 2.04. The smallest absolute Gasteiger partial charge is 0.117 e. The molecule has 0 bridgehead atoms. The van der Waals surface area contributed by atoms with E-state index in [-0.39, 0.29) is 5.75 Å². The molecule has 3 aromatic rings. The van der Waals surface area contributed by atoms with E-state index in [1.165, 1.54) is 0 Å². The Bertz CT molecular complexity index is 773. The van der Waals surface area contributed by atoms with Crippen molar-refractivity contribution < 1.29 is 5.11 Å². The molecule has 0 saturated heterocycles. The summed E-state index contributed by atoms with van der Waals surface area (Å²) in [6.45, 7) is 2.07. The number of aryl methyl sites for hydroxylation is 1. The Morgan fingerprint density at radius 3 is 2.52 bits per heavy atom. The summed E-state index contributed by atoms with van der Waals surface area (Å²) in [4.78, 5) is 4.43. The summed E-state index contributed by atoms with van der Waals surface area (Å²) < 4.78 is 2.15. The van der Waals surface area contributed by atoms with Gasteiger partial charge in [-0.1, -0.05) is 24.3 Å². The molecule has 0 aliphatic rings. The minimum Gasteiger partial charge on any atom is -0.508 e. The van der Waals surface area contributed by atoms with Crippen molar-refractivity contribution in [3.05, 3.63) is 78.1 Å². The molecule has 3 nitrogen and oxygen atoms in total. The highest BCUT2D eigenvalue weighted by atomic mass is 16.3. The molecule has 0 atom stereocenters. The van der Waals surface area contributed by atoms with Crippen LogP contribution < -0.4 is 0 Å². The molecule has 1 N–H and O–H groups in total. The maximum Gasteiger partial charge on any atom is 0.117 e. The van der Waals surface area contributed by atoms with E-state index in [4.69, 9.17) is 0 Å². The van der Waals surface area contributed by atoms with Crippen LogP contribution in [0.3, 0.4) is 0 Å². The molecule has 0 amide bonds. The van der Waals surface area contributed by atoms with Gasteiger partial charge in [-0.3, -0.25) is 4.99 Å². The third-order valence-corrected chi connectivity index (χ3v) is 3.30. The Kier molecular flexibility index (Phi) is 3.56. The van der Waals surface area contributed by atoms with Gasteiger partial charge in [-0.25, -0.2) is 0 Å². The van der Waals surface area contributed by atoms with Gasteiger partial charge in [-0.2, -0.15) is 0 Å². The number of benzene rings is 2. The van der Waals surface area contributed by atoms with E-state index >= 15 is 0 Å². The molecular formula is C18H16N2O. The van der Waals surface area contributed by atoms with Gasteiger partial charge in [0.15, 0.2) is 0 Å². The average molecular weight is 276 g/mol. The number of aliphatic imine (C=N–C) groups is 1. The third kappa shape index (κ3) is 2.87. The van der Waals surface area contributed by atoms with E-state index in [1.807, 2.05) is 36.5 Å². The van der Waals surface area contributed by atoms with Crippen LogP contribution in [0.15, 0.2) is 71.7 Å². The van der Waals surface area contributed by atoms with Crippen LogP contribution >= 0.6 is 0 Å². The number of hydrogen-bond acceptors (Lipinski definition) is 2. The van der Waals surface area contributed by atoms with Crippen molar-refractivity contribution in [2.75, 3.05) is 0 Å². The van der Waals surface area contributed by atoms with E-state index in [0.717, 1.165) is 22.8 Å². The van der Waals surface area contributed by atoms with E-state index in [9.17, 15) is 5.11 Å². The first-order valence-corrected chi connectivity index (χ1v) is 6.81. The lowest BCUT2D eigenvalue weighted by Crippen LogP contribution is -2.00. The Labute approximate surface area is 123 Å². The summed E-state index contributed by atoms with van der Waals surface area (Å²) in [6.07, 6.45) is 1.81. The van der Waals surface area contributed by atoms with Gasteiger partial charge in [0.05, 0.1) is 17.6 Å². The van der Waals surface area contributed by atoms with Gasteiger partial charge in [0, 0.05) is 17.4 Å². The van der Waals surface area contributed by atoms with Crippen molar-refractivity contribution in [1.82, 2.24) is 4.57 Å². The van der Waals surface area contributed by atoms with Crippen LogP contribution in [-0.2, 0) is 0 Å². The summed E-state index contributed by atoms with van der Waals surface area (Å²) in [5, 5.41) is 9.47. The quantitative estimate of drug-likeness (QED) is 0.714. The van der Waals surface area contributed by atoms with Gasteiger partial charge >= 0.3 is 0 Å². The number of phenolic OH excluding ortho intramolecular Hbond substituents is 1. The van der Waals surface area contributed by atoms with Crippen molar-refractivity contribution in [1.29, 1.82) is 0 Å². The molecule has 0 aliphatic carbocycles. The molecule has 3 heteroatoms. The van der Waals surface area contributed by atoms with Crippen molar-refractivity contribution >= 4 is 11.9 Å². The first-order valence-electron chi connectivity index (χ1n) is 6.81. The normalized spacial score (nSPS) is 11.1. The van der Waals surface area contributed by atoms with Crippen LogP contribution in [0.4, 0.5) is 5.69 Å². The van der Waals surface area contributed by atoms with Crippen LogP contribution in [0.1, 0.15) is 11.4 Å². The highest BCUT2D eigenvalue weighted by molar-refractivity contribution is 5.81. The average Bonchev–Trinajstić information content (AvgIpc) is 2.87. The zero-order chi connectivity index (χ0) is 14.7. The second-order valence-electron chi connectivity index (χ2n) is 4.85. The second kappa shape index (κ2) is 5.67. The molecule has 0 spiro atoms. The van der Waals surface area contributed by atoms with Crippen molar-refractivity contribution in [2.24, 2.45) is 4.99 Å². The zero-order valence-electron chi connectivity index (χ0n) is 11.8. The monoisotopic (exact) mass is 276 g/mol. The predicted octanol–water partition coefficient (Wildman–Crippen LogP) is 4.24. The second-order valence-corrected chi connectivity index (χ2v) is 4.85. The number of aromatic nitrogens is 1. The minimum absolute atomic E-state index is 0.222. The number of nitrogens with zero attached hydrogens (tertiary/aromatic N) is 2. The van der Waals surface area contributed by atoms with Crippen LogP contribution in [0.2, 0.25) is 0 Å². The fourth-order valence-electron chi connectivity index (χ4n) is 2.30. The minimum atomic E-state index is 0.222. The summed E-state index contributed by atoms with van der Waals surface area (Å²) in [5.41, 5.74) is 3.99. The Hall–Kier alpha value is -2.81. The first kappa shape index (κ1) is 13.2. The number of hydrogen-bond donors (Lipinski definition) is 1. The lowest BCUT2D eigenvalue weighted by atomic mass is 10.3. The molecule has 0 unspecified atom stereocenters. The molecule has 104 valence electrons. The maximum atomic E-state index is 9.47. The lowest BCUT2D eigenvalue weighted by Gasteiger charge is -2.08. The van der Waals surface area contributed by atoms with Gasteiger partial charge in [-0.05, 0) is 43.3 Å². The topological polar surface area (TPSA) is 37.5 Å². The Morgan fingerprint density at radius 2 is 1.76 bits per heavy atom. The molecule has 21 heavy (non-hydrogen) atoms. The molecule has 0 aliphatic heterocycles. The van der Waals surface area contributed by atoms with Crippen LogP contribution in [-0.4, -0.2) is 15.9 Å². The van der Waals surface area contributed by atoms with Crippen molar-refractivity contribution in [2.45, 2.75) is 6.92 Å². The van der Waals surface area contributed by atoms with Gasteiger partial charge in [-0.15, -0.1) is 0 Å². The van der Waals surface area contributed by atoms with Gasteiger partial charge in [0.1, 0.15) is 5.75 Å². The zero-order valence-corrected chi connectivity index (χ0v) is 11.8. The molecular weight excluding hydrogens is 260 g/mol. The van der Waals surface area contributed by atoms with Gasteiger partial charge < -0.3 is 9.67 Å². The van der Waals surface area contributed by atoms with E-state index < -0.39 is 0 Å². The summed E-state index contributed by atoms with van der Waals surface area (Å²) in [5.74, 6) is 0.222. The molecule has 3 rings (SSSR count). The van der Waals surface area contributed by atoms with Crippen LogP contribution in [0.5, 0.6) is 5.75 Å². The number of phenols is 1. The highest BCUT2D eigenvalue weighted by Crippen LogP contribution is 2.20. The largest absolute Gasteiger partial charge is 0.508 e. The maximum absolute atomic E-state index is 9.47. The number of rotatable bonds is 3. The van der Waals surface area contributed by atoms with Crippen LogP contribution in [0, 0.1) is 6.92 Å². The van der Waals surface area contributed by atoms with Crippen LogP contribution in [0.25, 0.3) is 5.69 Å². The van der Waals surface area contributed by atoms with E-state index in [1.54, 1.807) is 18.2 Å². The predicted molar refractivity (Wildman–Crippen MR) is 85.9 cm³/mol. The number of para-hydroxylation sites is 1. The SMILES string of the molecule is Cc1ccc(C=Nc2cccc(O)c2)n1-c1ccccc1. The Balaban J connectivity index is 1.97. The molecule has 0 saturated carbocycles. The van der Waals surface area contributed by atoms with E-state index in [0.29, 0.717) is 0 Å².